The fourth-order valence-corrected chi connectivity index (χ4v) is 6.40. The van der Waals surface area contributed by atoms with E-state index in [1.807, 2.05) is 43.0 Å². The maximum atomic E-state index is 13.1. The van der Waals surface area contributed by atoms with Gasteiger partial charge in [0.1, 0.15) is 0 Å². The lowest BCUT2D eigenvalue weighted by Crippen LogP contribution is -2.46. The van der Waals surface area contributed by atoms with Crippen LogP contribution in [-0.4, -0.2) is 41.1 Å². The minimum atomic E-state index is -0.274. The molecule has 2 saturated carbocycles. The number of hydrogen-bond donors (Lipinski definition) is 2. The maximum Gasteiger partial charge on any atom is 0.409 e. The van der Waals surface area contributed by atoms with Crippen LogP contribution in [0.4, 0.5) is 10.5 Å². The van der Waals surface area contributed by atoms with Crippen LogP contribution in [0.5, 0.6) is 0 Å². The number of hydrogen-bond acceptors (Lipinski definition) is 5. The molecule has 0 bridgehead atoms. The number of benzene rings is 2. The number of amides is 2. The third kappa shape index (κ3) is 6.46. The van der Waals surface area contributed by atoms with Crippen molar-refractivity contribution >= 4 is 17.7 Å². The van der Waals surface area contributed by atoms with Gasteiger partial charge in [0.15, 0.2) is 0 Å². The molecule has 7 nitrogen and oxygen atoms in total. The van der Waals surface area contributed by atoms with E-state index >= 15 is 0 Å². The van der Waals surface area contributed by atoms with Crippen molar-refractivity contribution in [3.05, 3.63) is 72.4 Å². The molecule has 0 atom stereocenters. The minimum Gasteiger partial charge on any atom is -0.453 e. The predicted octanol–water partition coefficient (Wildman–Crippen LogP) is 7.12. The minimum absolute atomic E-state index is 0.00575. The van der Waals surface area contributed by atoms with Gasteiger partial charge in [-0.3, -0.25) is 9.78 Å². The van der Waals surface area contributed by atoms with Crippen LogP contribution >= 0.6 is 0 Å². The van der Waals surface area contributed by atoms with E-state index in [9.17, 15) is 9.59 Å². The van der Waals surface area contributed by atoms with Crippen molar-refractivity contribution in [2.75, 3.05) is 12.4 Å². The first-order valence-corrected chi connectivity index (χ1v) is 14.9. The zero-order chi connectivity index (χ0) is 29.0. The van der Waals surface area contributed by atoms with Gasteiger partial charge in [-0.2, -0.15) is 0 Å². The van der Waals surface area contributed by atoms with Crippen LogP contribution in [0, 0.1) is 5.92 Å². The number of methoxy groups -OCH3 is 1. The van der Waals surface area contributed by atoms with Crippen LogP contribution in [0.3, 0.4) is 0 Å². The molecule has 5 rings (SSSR count). The number of nitrogens with one attached hydrogen (secondary N) is 1. The topological polar surface area (TPSA) is 97.5 Å². The molecule has 2 aliphatic carbocycles. The Morgan fingerprint density at radius 1 is 1.02 bits per heavy atom. The van der Waals surface area contributed by atoms with Crippen LogP contribution in [0.15, 0.2) is 66.9 Å². The summed E-state index contributed by atoms with van der Waals surface area (Å²) in [7, 11) is 1.43. The van der Waals surface area contributed by atoms with Gasteiger partial charge in [0, 0.05) is 35.2 Å². The van der Waals surface area contributed by atoms with Gasteiger partial charge in [-0.15, -0.1) is 0 Å². The highest BCUT2D eigenvalue weighted by atomic mass is 16.5. The van der Waals surface area contributed by atoms with Crippen molar-refractivity contribution in [2.24, 2.45) is 11.7 Å². The largest absolute Gasteiger partial charge is 0.453 e. The van der Waals surface area contributed by atoms with E-state index in [2.05, 4.69) is 41.7 Å². The Kier molecular flexibility index (Phi) is 8.74. The molecule has 0 unspecified atom stereocenters. The molecule has 3 N–H and O–H groups in total. The summed E-state index contributed by atoms with van der Waals surface area (Å²) in [5.41, 5.74) is 12.1. The van der Waals surface area contributed by atoms with Crippen molar-refractivity contribution in [1.29, 1.82) is 0 Å². The lowest BCUT2D eigenvalue weighted by Gasteiger charge is -2.38. The molecule has 1 heterocycles. The molecule has 0 saturated heterocycles. The van der Waals surface area contributed by atoms with E-state index in [1.165, 1.54) is 19.1 Å². The lowest BCUT2D eigenvalue weighted by molar-refractivity contribution is -0.117. The van der Waals surface area contributed by atoms with Gasteiger partial charge in [0.25, 0.3) is 0 Å². The Morgan fingerprint density at radius 3 is 2.29 bits per heavy atom. The van der Waals surface area contributed by atoms with Crippen molar-refractivity contribution in [3.8, 4) is 22.4 Å². The Labute approximate surface area is 243 Å². The van der Waals surface area contributed by atoms with Crippen molar-refractivity contribution < 1.29 is 14.3 Å². The monoisotopic (exact) mass is 554 g/mol. The SMILES string of the molecule is COC(=O)N(C(C)C)[C@H]1CC[C@H](CC(=O)Nc2cnc(-c3ccc(C4(N)CCC4)cc3)c(-c3ccccc3)c2)CC1. The molecule has 2 fully saturated rings. The zero-order valence-corrected chi connectivity index (χ0v) is 24.4. The number of carbonyl (C=O) groups is 2. The molecule has 216 valence electrons. The molecule has 0 radical (unpaired) electrons. The molecular weight excluding hydrogens is 512 g/mol. The summed E-state index contributed by atoms with van der Waals surface area (Å²) in [5.74, 6) is 0.285. The second kappa shape index (κ2) is 12.4. The van der Waals surface area contributed by atoms with E-state index in [4.69, 9.17) is 15.5 Å². The molecule has 0 spiro atoms. The summed E-state index contributed by atoms with van der Waals surface area (Å²) in [6.45, 7) is 4.03. The number of carbonyl (C=O) groups excluding carboxylic acids is 2. The number of aromatic nitrogens is 1. The third-order valence-electron chi connectivity index (χ3n) is 8.86. The molecule has 0 aliphatic heterocycles. The maximum absolute atomic E-state index is 13.1. The van der Waals surface area contributed by atoms with Gasteiger partial charge in [0.05, 0.1) is 24.7 Å². The smallest absolute Gasteiger partial charge is 0.409 e. The second-order valence-electron chi connectivity index (χ2n) is 12.0. The Hall–Kier alpha value is -3.71. The highest BCUT2D eigenvalue weighted by Crippen LogP contribution is 2.40. The van der Waals surface area contributed by atoms with E-state index in [0.29, 0.717) is 18.0 Å². The lowest BCUT2D eigenvalue weighted by atomic mass is 9.72. The van der Waals surface area contributed by atoms with Crippen LogP contribution in [0.2, 0.25) is 0 Å². The first kappa shape index (κ1) is 28.8. The molecule has 7 heteroatoms. The van der Waals surface area contributed by atoms with Crippen LogP contribution in [0.1, 0.15) is 70.8 Å². The highest BCUT2D eigenvalue weighted by Gasteiger charge is 2.34. The number of ether oxygens (including phenoxy) is 1. The van der Waals surface area contributed by atoms with Crippen molar-refractivity contribution in [1.82, 2.24) is 9.88 Å². The molecule has 1 aromatic heterocycles. The average Bonchev–Trinajstić information content (AvgIpc) is 2.97. The third-order valence-corrected chi connectivity index (χ3v) is 8.86. The van der Waals surface area contributed by atoms with Gasteiger partial charge >= 0.3 is 6.09 Å². The van der Waals surface area contributed by atoms with Crippen LogP contribution < -0.4 is 11.1 Å². The highest BCUT2D eigenvalue weighted by molar-refractivity contribution is 5.93. The van der Waals surface area contributed by atoms with Gasteiger partial charge in [-0.25, -0.2) is 4.79 Å². The van der Waals surface area contributed by atoms with Crippen molar-refractivity contribution in [2.45, 2.75) is 82.8 Å². The standard InChI is InChI=1S/C34H42N4O3/c1-23(2)38(33(40)41-3)29-16-10-24(11-17-29)20-31(39)37-28-21-30(25-8-5-4-6-9-25)32(36-22-28)26-12-14-27(15-13-26)34(35)18-7-19-34/h4-6,8-9,12-15,21-24,29H,7,10-11,16-20,35H2,1-3H3,(H,37,39)/t24-,29-. The molecular formula is C34H42N4O3. The molecule has 41 heavy (non-hydrogen) atoms. The Balaban J connectivity index is 1.27. The summed E-state index contributed by atoms with van der Waals surface area (Å²) in [6, 6.07) is 20.9. The quantitative estimate of drug-likeness (QED) is 0.309. The zero-order valence-electron chi connectivity index (χ0n) is 24.4. The number of nitrogens with zero attached hydrogens (tertiary/aromatic N) is 2. The Bertz CT molecular complexity index is 1340. The normalized spacial score (nSPS) is 19.7. The van der Waals surface area contributed by atoms with E-state index in [-0.39, 0.29) is 29.6 Å². The predicted molar refractivity (Wildman–Crippen MR) is 163 cm³/mol. The molecule has 2 aliphatic rings. The van der Waals surface area contributed by atoms with Gasteiger partial charge < -0.3 is 20.7 Å². The van der Waals surface area contributed by atoms with Crippen LogP contribution in [-0.2, 0) is 15.1 Å². The number of pyridine rings is 1. The second-order valence-corrected chi connectivity index (χ2v) is 12.0. The fourth-order valence-electron chi connectivity index (χ4n) is 6.40. The molecule has 3 aromatic rings. The first-order chi connectivity index (χ1) is 19.8. The number of anilines is 1. The van der Waals surface area contributed by atoms with Crippen LogP contribution in [0.25, 0.3) is 22.4 Å². The Morgan fingerprint density at radius 2 is 1.71 bits per heavy atom. The summed E-state index contributed by atoms with van der Waals surface area (Å²) >= 11 is 0. The number of rotatable bonds is 8. The summed E-state index contributed by atoms with van der Waals surface area (Å²) < 4.78 is 5.00. The molecule has 2 amide bonds. The van der Waals surface area contributed by atoms with E-state index < -0.39 is 0 Å². The first-order valence-electron chi connectivity index (χ1n) is 14.9. The van der Waals surface area contributed by atoms with Gasteiger partial charge in [-0.05, 0) is 81.9 Å². The van der Waals surface area contributed by atoms with E-state index in [1.54, 1.807) is 6.20 Å². The summed E-state index contributed by atoms with van der Waals surface area (Å²) in [5, 5.41) is 3.10. The van der Waals surface area contributed by atoms with Crippen molar-refractivity contribution in [3.63, 3.8) is 0 Å². The van der Waals surface area contributed by atoms with Gasteiger partial charge in [0.2, 0.25) is 5.91 Å². The summed E-state index contributed by atoms with van der Waals surface area (Å²) in [4.78, 5) is 32.0. The number of nitrogens with two attached hydrogens (primary N) is 1. The fraction of sp³-hybridized carbons (Fsp3) is 0.441. The van der Waals surface area contributed by atoms with Gasteiger partial charge in [-0.1, -0.05) is 54.6 Å². The molecule has 2 aromatic carbocycles. The average molecular weight is 555 g/mol. The van der Waals surface area contributed by atoms with E-state index in [0.717, 1.165) is 60.9 Å². The summed E-state index contributed by atoms with van der Waals surface area (Å²) in [6.07, 6.45) is 8.74.